The largest absolute Gasteiger partial charge is 0.467 e. The third kappa shape index (κ3) is 4.03. The number of urea groups is 1. The minimum Gasteiger partial charge on any atom is -0.467 e. The highest BCUT2D eigenvalue weighted by Crippen LogP contribution is 2.30. The smallest absolute Gasteiger partial charge is 0.331 e. The molecule has 0 atom stereocenters. The van der Waals surface area contributed by atoms with Gasteiger partial charge in [-0.1, -0.05) is 11.6 Å². The second-order valence-electron chi connectivity index (χ2n) is 7.34. The first-order valence-corrected chi connectivity index (χ1v) is 10.1. The van der Waals surface area contributed by atoms with Gasteiger partial charge in [-0.05, 0) is 55.8 Å². The highest BCUT2D eigenvalue weighted by Gasteiger charge is 2.36. The number of nitro benzene ring substituents is 1. The average Bonchev–Trinajstić information content (AvgIpc) is 3.35. The van der Waals surface area contributed by atoms with Crippen LogP contribution in [-0.2, 0) is 16.1 Å². The van der Waals surface area contributed by atoms with Crippen LogP contribution in [0.1, 0.15) is 22.7 Å². The third-order valence-corrected chi connectivity index (χ3v) is 5.54. The van der Waals surface area contributed by atoms with Crippen molar-refractivity contribution >= 4 is 41.2 Å². The maximum Gasteiger partial charge on any atom is 0.331 e. The Morgan fingerprint density at radius 1 is 1.18 bits per heavy atom. The molecule has 1 aliphatic heterocycles. The van der Waals surface area contributed by atoms with Crippen LogP contribution >= 0.6 is 11.6 Å². The van der Waals surface area contributed by atoms with Gasteiger partial charge in [0.2, 0.25) is 0 Å². The Hall–Kier alpha value is -4.18. The van der Waals surface area contributed by atoms with Crippen molar-refractivity contribution in [3.8, 4) is 5.69 Å². The van der Waals surface area contributed by atoms with Crippen LogP contribution in [0.15, 0.2) is 52.7 Å². The molecule has 0 unspecified atom stereocenters. The van der Waals surface area contributed by atoms with Crippen LogP contribution in [-0.4, -0.2) is 32.2 Å². The number of hydrogen-bond donors (Lipinski definition) is 1. The van der Waals surface area contributed by atoms with E-state index in [4.69, 9.17) is 16.0 Å². The summed E-state index contributed by atoms with van der Waals surface area (Å²) in [6.45, 7) is 3.45. The van der Waals surface area contributed by atoms with E-state index in [1.807, 2.05) is 0 Å². The zero-order chi connectivity index (χ0) is 23.9. The van der Waals surface area contributed by atoms with E-state index >= 15 is 0 Å². The van der Waals surface area contributed by atoms with Gasteiger partial charge in [0.1, 0.15) is 16.4 Å². The molecule has 2 aromatic heterocycles. The summed E-state index contributed by atoms with van der Waals surface area (Å²) in [5, 5.41) is 13.2. The van der Waals surface area contributed by atoms with Crippen LogP contribution in [0, 0.1) is 24.0 Å². The molecule has 10 nitrogen and oxygen atoms in total. The Morgan fingerprint density at radius 3 is 2.58 bits per heavy atom. The molecule has 1 saturated heterocycles. The Labute approximate surface area is 192 Å². The predicted octanol–water partition coefficient (Wildman–Crippen LogP) is 3.91. The second-order valence-corrected chi connectivity index (χ2v) is 7.75. The fourth-order valence-corrected chi connectivity index (χ4v) is 3.91. The molecule has 168 valence electrons. The van der Waals surface area contributed by atoms with Crippen molar-refractivity contribution in [2.75, 3.05) is 0 Å². The van der Waals surface area contributed by atoms with Crippen LogP contribution < -0.4 is 5.32 Å². The molecule has 0 radical (unpaired) electrons. The highest BCUT2D eigenvalue weighted by molar-refractivity contribution is 6.33. The summed E-state index contributed by atoms with van der Waals surface area (Å²) in [7, 11) is 0. The fraction of sp³-hybridized carbons (Fsp3) is 0.136. The van der Waals surface area contributed by atoms with Crippen LogP contribution in [0.4, 0.5) is 10.5 Å². The molecule has 0 aliphatic carbocycles. The number of nitrogens with one attached hydrogen (secondary N) is 1. The van der Waals surface area contributed by atoms with Gasteiger partial charge in [-0.2, -0.15) is 0 Å². The first-order chi connectivity index (χ1) is 15.7. The van der Waals surface area contributed by atoms with Crippen LogP contribution in [0.2, 0.25) is 5.02 Å². The summed E-state index contributed by atoms with van der Waals surface area (Å²) in [5.41, 5.74) is 2.14. The summed E-state index contributed by atoms with van der Waals surface area (Å²) in [4.78, 5) is 48.9. The lowest BCUT2D eigenvalue weighted by Crippen LogP contribution is -2.53. The first-order valence-electron chi connectivity index (χ1n) is 9.72. The number of halogens is 1. The molecule has 33 heavy (non-hydrogen) atoms. The molecular weight excluding hydrogens is 452 g/mol. The molecule has 1 aliphatic rings. The van der Waals surface area contributed by atoms with Crippen molar-refractivity contribution in [1.29, 1.82) is 0 Å². The molecule has 3 aromatic rings. The number of furan rings is 1. The Morgan fingerprint density at radius 2 is 1.94 bits per heavy atom. The van der Waals surface area contributed by atoms with Gasteiger partial charge in [0.05, 0.1) is 17.7 Å². The summed E-state index contributed by atoms with van der Waals surface area (Å²) >= 11 is 6.06. The maximum atomic E-state index is 12.9. The van der Waals surface area contributed by atoms with Gasteiger partial charge >= 0.3 is 6.03 Å². The number of carbonyl (C=O) groups is 3. The number of barbiturate groups is 1. The Bertz CT molecular complexity index is 1340. The van der Waals surface area contributed by atoms with Crippen molar-refractivity contribution in [1.82, 2.24) is 14.8 Å². The van der Waals surface area contributed by atoms with E-state index in [2.05, 4.69) is 5.32 Å². The summed E-state index contributed by atoms with van der Waals surface area (Å²) in [6.07, 6.45) is 2.83. The van der Waals surface area contributed by atoms with Gasteiger partial charge in [-0.25, -0.2) is 4.79 Å². The monoisotopic (exact) mass is 468 g/mol. The van der Waals surface area contributed by atoms with Crippen molar-refractivity contribution in [2.24, 2.45) is 0 Å². The minimum atomic E-state index is -0.829. The molecule has 3 heterocycles. The molecular formula is C22H17ClN4O6. The lowest BCUT2D eigenvalue weighted by atomic mass is 10.1. The van der Waals surface area contributed by atoms with Crippen LogP contribution in [0.5, 0.6) is 0 Å². The molecule has 4 rings (SSSR count). The van der Waals surface area contributed by atoms with Crippen LogP contribution in [0.3, 0.4) is 0 Å². The quantitative estimate of drug-likeness (QED) is 0.261. The minimum absolute atomic E-state index is 0.0150. The molecule has 1 N–H and O–H groups in total. The number of aromatic nitrogens is 1. The molecule has 1 aromatic carbocycles. The SMILES string of the molecule is Cc1cc(C=C2C(=O)NC(=O)N(Cc3ccco3)C2=O)c(C)n1-c1ccc([N+](=O)[O-])c(Cl)c1. The van der Waals surface area contributed by atoms with E-state index in [-0.39, 0.29) is 22.8 Å². The van der Waals surface area contributed by atoms with Gasteiger partial charge in [0.15, 0.2) is 0 Å². The lowest BCUT2D eigenvalue weighted by molar-refractivity contribution is -0.384. The van der Waals surface area contributed by atoms with E-state index in [0.717, 1.165) is 10.6 Å². The molecule has 0 spiro atoms. The number of nitro groups is 1. The standard InChI is InChI=1S/C22H17ClN4O6/c1-12-8-14(13(2)26(12)15-5-6-19(27(31)32)18(23)10-15)9-17-20(28)24-22(30)25(21(17)29)11-16-4-3-7-33-16/h3-10H,11H2,1-2H3,(H,24,28,30). The fourth-order valence-electron chi connectivity index (χ4n) is 3.67. The van der Waals surface area contributed by atoms with Gasteiger partial charge < -0.3 is 8.98 Å². The number of hydrogen-bond acceptors (Lipinski definition) is 6. The van der Waals surface area contributed by atoms with Crippen molar-refractivity contribution in [3.05, 3.63) is 86.1 Å². The van der Waals surface area contributed by atoms with Crippen molar-refractivity contribution < 1.29 is 23.7 Å². The average molecular weight is 469 g/mol. The van der Waals surface area contributed by atoms with Gasteiger partial charge in [-0.3, -0.25) is 29.9 Å². The maximum absolute atomic E-state index is 12.9. The molecule has 11 heteroatoms. The number of aryl methyl sites for hydroxylation is 1. The van der Waals surface area contributed by atoms with Crippen molar-refractivity contribution in [2.45, 2.75) is 20.4 Å². The number of amides is 4. The van der Waals surface area contributed by atoms with E-state index in [1.165, 1.54) is 24.5 Å². The predicted molar refractivity (Wildman–Crippen MR) is 118 cm³/mol. The topological polar surface area (TPSA) is 128 Å². The molecule has 4 amide bonds. The zero-order valence-electron chi connectivity index (χ0n) is 17.5. The van der Waals surface area contributed by atoms with E-state index in [9.17, 15) is 24.5 Å². The Balaban J connectivity index is 1.71. The number of benzene rings is 1. The lowest BCUT2D eigenvalue weighted by Gasteiger charge is -2.25. The first kappa shape index (κ1) is 22.0. The highest BCUT2D eigenvalue weighted by atomic mass is 35.5. The van der Waals surface area contributed by atoms with Gasteiger partial charge in [-0.15, -0.1) is 0 Å². The third-order valence-electron chi connectivity index (χ3n) is 5.24. The number of carbonyl (C=O) groups excluding carboxylic acids is 3. The summed E-state index contributed by atoms with van der Waals surface area (Å²) in [6, 6.07) is 8.51. The van der Waals surface area contributed by atoms with Crippen LogP contribution in [0.25, 0.3) is 11.8 Å². The van der Waals surface area contributed by atoms with E-state index in [0.29, 0.717) is 22.7 Å². The van der Waals surface area contributed by atoms with E-state index in [1.54, 1.807) is 42.7 Å². The number of imide groups is 2. The summed E-state index contributed by atoms with van der Waals surface area (Å²) < 4.78 is 6.99. The molecule has 0 bridgehead atoms. The number of nitrogens with zero attached hydrogens (tertiary/aromatic N) is 3. The Kier molecular flexibility index (Phi) is 5.60. The van der Waals surface area contributed by atoms with Gasteiger partial charge in [0, 0.05) is 23.1 Å². The number of rotatable bonds is 5. The molecule has 1 fully saturated rings. The summed E-state index contributed by atoms with van der Waals surface area (Å²) in [5.74, 6) is -1.16. The molecule has 0 saturated carbocycles. The zero-order valence-corrected chi connectivity index (χ0v) is 18.3. The van der Waals surface area contributed by atoms with Gasteiger partial charge in [0.25, 0.3) is 17.5 Å². The van der Waals surface area contributed by atoms with E-state index < -0.39 is 22.8 Å². The van der Waals surface area contributed by atoms with Crippen molar-refractivity contribution in [3.63, 3.8) is 0 Å². The normalized spacial score (nSPS) is 15.3. The second kappa shape index (κ2) is 8.40.